The first-order valence-corrected chi connectivity index (χ1v) is 18.2. The molecule has 52 heavy (non-hydrogen) atoms. The van der Waals surface area contributed by atoms with Crippen LogP contribution in [-0.4, -0.2) is 54.8 Å². The Balaban J connectivity index is 1.15. The van der Waals surface area contributed by atoms with Crippen LogP contribution in [0.5, 0.6) is 11.5 Å². The molecule has 0 radical (unpaired) electrons. The van der Waals surface area contributed by atoms with Crippen LogP contribution in [0, 0.1) is 0 Å². The largest absolute Gasteiger partial charge is 0.496 e. The van der Waals surface area contributed by atoms with E-state index in [9.17, 15) is 9.59 Å². The van der Waals surface area contributed by atoms with Gasteiger partial charge in [-0.2, -0.15) is 0 Å². The van der Waals surface area contributed by atoms with E-state index < -0.39 is 0 Å². The maximum absolute atomic E-state index is 11.6. The Morgan fingerprint density at radius 2 is 1.62 bits per heavy atom. The van der Waals surface area contributed by atoms with Gasteiger partial charge in [-0.1, -0.05) is 65.1 Å². The molecule has 2 fully saturated rings. The lowest BCUT2D eigenvalue weighted by molar-refractivity contribution is -0.120. The van der Waals surface area contributed by atoms with Crippen molar-refractivity contribution in [2.75, 3.05) is 20.8 Å². The monoisotopic (exact) mass is 758 g/mol. The number of nitrogens with zero attached hydrogens (tertiary/aromatic N) is 2. The van der Waals surface area contributed by atoms with Crippen molar-refractivity contribution in [3.05, 3.63) is 93.1 Å². The lowest BCUT2D eigenvalue weighted by atomic mass is 9.99. The summed E-state index contributed by atoms with van der Waals surface area (Å²) in [6, 6.07) is 19.3. The molecule has 7 rings (SSSR count). The van der Waals surface area contributed by atoms with Crippen LogP contribution in [0.2, 0.25) is 15.1 Å². The van der Waals surface area contributed by atoms with E-state index in [1.165, 1.54) is 0 Å². The number of benzene rings is 3. The summed E-state index contributed by atoms with van der Waals surface area (Å²) >= 11 is 21.1. The van der Waals surface area contributed by atoms with Crippen LogP contribution in [0.15, 0.2) is 66.9 Å². The van der Waals surface area contributed by atoms with Crippen LogP contribution in [0.3, 0.4) is 0 Å². The SMILES string of the molecule is COc1cc(-c2nccc(-c3cccc(-c4ccc5c(OC)c(CN[C@@H]6CCC(=O)N6)cc(Cl)c5n4)c3Cl)c2Cl)ccc1CNC[C@@H]1CCC(=O)N1. The minimum Gasteiger partial charge on any atom is -0.496 e. The van der Waals surface area contributed by atoms with E-state index >= 15 is 0 Å². The first-order valence-electron chi connectivity index (χ1n) is 17.0. The van der Waals surface area contributed by atoms with Crippen molar-refractivity contribution in [3.63, 3.8) is 0 Å². The lowest BCUT2D eigenvalue weighted by Gasteiger charge is -2.17. The first kappa shape index (κ1) is 35.9. The van der Waals surface area contributed by atoms with Gasteiger partial charge in [0.25, 0.3) is 0 Å². The molecule has 0 saturated carbocycles. The first-order chi connectivity index (χ1) is 25.2. The molecule has 3 aromatic carbocycles. The summed E-state index contributed by atoms with van der Waals surface area (Å²) in [6.07, 6.45) is 4.25. The van der Waals surface area contributed by atoms with Gasteiger partial charge in [-0.3, -0.25) is 19.9 Å². The average Bonchev–Trinajstić information content (AvgIpc) is 3.77. The number of methoxy groups -OCH3 is 2. The highest BCUT2D eigenvalue weighted by atomic mass is 35.5. The van der Waals surface area contributed by atoms with Crippen molar-refractivity contribution in [1.29, 1.82) is 0 Å². The molecule has 2 aliphatic heterocycles. The number of rotatable bonds is 12. The Hall–Kier alpha value is -4.45. The number of pyridine rings is 2. The summed E-state index contributed by atoms with van der Waals surface area (Å²) in [7, 11) is 3.25. The fraction of sp³-hybridized carbons (Fsp3) is 0.282. The van der Waals surface area contributed by atoms with Gasteiger partial charge in [-0.05, 0) is 43.2 Å². The second-order valence-corrected chi connectivity index (χ2v) is 14.0. The Morgan fingerprint density at radius 3 is 2.37 bits per heavy atom. The Labute approximate surface area is 316 Å². The molecule has 10 nitrogen and oxygen atoms in total. The van der Waals surface area contributed by atoms with Gasteiger partial charge < -0.3 is 25.4 Å². The fourth-order valence-corrected chi connectivity index (χ4v) is 7.77. The molecule has 5 aromatic rings. The summed E-state index contributed by atoms with van der Waals surface area (Å²) in [5.41, 5.74) is 6.60. The maximum Gasteiger partial charge on any atom is 0.221 e. The number of ether oxygens (including phenoxy) is 2. The number of carbonyl (C=O) groups is 2. The van der Waals surface area contributed by atoms with Crippen LogP contribution >= 0.6 is 34.8 Å². The van der Waals surface area contributed by atoms with Gasteiger partial charge in [0, 0.05) is 83.5 Å². The third-order valence-electron chi connectivity index (χ3n) is 9.50. The lowest BCUT2D eigenvalue weighted by Crippen LogP contribution is -2.38. The molecule has 2 aliphatic rings. The molecule has 13 heteroatoms. The highest BCUT2D eigenvalue weighted by molar-refractivity contribution is 6.39. The molecule has 0 unspecified atom stereocenters. The van der Waals surface area contributed by atoms with E-state index in [2.05, 4.69) is 26.3 Å². The second-order valence-electron chi connectivity index (χ2n) is 12.8. The molecule has 0 aliphatic carbocycles. The summed E-state index contributed by atoms with van der Waals surface area (Å²) in [5.74, 6) is 1.50. The number of amides is 2. The smallest absolute Gasteiger partial charge is 0.221 e. The predicted octanol–water partition coefficient (Wildman–Crippen LogP) is 7.30. The van der Waals surface area contributed by atoms with E-state index in [1.54, 1.807) is 20.4 Å². The molecule has 0 bridgehead atoms. The predicted molar refractivity (Wildman–Crippen MR) is 205 cm³/mol. The molecule has 2 aromatic heterocycles. The summed E-state index contributed by atoms with van der Waals surface area (Å²) in [6.45, 7) is 1.73. The van der Waals surface area contributed by atoms with Gasteiger partial charge in [0.05, 0.1) is 52.4 Å². The highest BCUT2D eigenvalue weighted by Gasteiger charge is 2.23. The number of fused-ring (bicyclic) bond motifs is 1. The Kier molecular flexibility index (Phi) is 10.8. The maximum atomic E-state index is 11.6. The summed E-state index contributed by atoms with van der Waals surface area (Å²) in [4.78, 5) is 32.7. The van der Waals surface area contributed by atoms with Gasteiger partial charge in [-0.25, -0.2) is 4.98 Å². The average molecular weight is 760 g/mol. The van der Waals surface area contributed by atoms with Crippen molar-refractivity contribution in [3.8, 4) is 45.1 Å². The number of halogens is 3. The number of aromatic nitrogens is 2. The molecule has 2 amide bonds. The minimum atomic E-state index is -0.0954. The standard InChI is InChI=1S/C39H37Cl3N6O4/c1-51-31-17-21(6-7-22(31)18-43-20-24-8-12-33(49)46-24)37-36(42)26(14-15-44-37)25-4-3-5-27(35(25)41)30-10-9-28-38(47-30)29(40)16-23(39(28)52-2)19-45-32-11-13-34(50)48-32/h3-7,9-10,14-17,24,32,43,45H,8,11-13,18-20H2,1-2H3,(H,46,49)(H,48,50)/t24-,32-/m0/s1. The zero-order valence-electron chi connectivity index (χ0n) is 28.6. The summed E-state index contributed by atoms with van der Waals surface area (Å²) < 4.78 is 11.6. The van der Waals surface area contributed by atoms with E-state index in [0.717, 1.165) is 46.0 Å². The molecule has 4 heterocycles. The van der Waals surface area contributed by atoms with Gasteiger partial charge in [-0.15, -0.1) is 0 Å². The van der Waals surface area contributed by atoms with Crippen molar-refractivity contribution in [2.45, 2.75) is 51.0 Å². The van der Waals surface area contributed by atoms with E-state index in [1.807, 2.05) is 60.7 Å². The van der Waals surface area contributed by atoms with Crippen molar-refractivity contribution in [1.82, 2.24) is 31.2 Å². The normalized spacial score (nSPS) is 17.0. The van der Waals surface area contributed by atoms with Crippen molar-refractivity contribution in [2.24, 2.45) is 0 Å². The molecule has 4 N–H and O–H groups in total. The van der Waals surface area contributed by atoms with Crippen LogP contribution in [-0.2, 0) is 22.7 Å². The minimum absolute atomic E-state index is 0.0381. The van der Waals surface area contributed by atoms with Crippen molar-refractivity contribution >= 4 is 57.5 Å². The molecular weight excluding hydrogens is 723 g/mol. The third kappa shape index (κ3) is 7.40. The van der Waals surface area contributed by atoms with Gasteiger partial charge in [0.1, 0.15) is 11.5 Å². The topological polar surface area (TPSA) is 126 Å². The second kappa shape index (κ2) is 15.7. The van der Waals surface area contributed by atoms with Gasteiger partial charge >= 0.3 is 0 Å². The van der Waals surface area contributed by atoms with Crippen LogP contribution in [0.4, 0.5) is 0 Å². The van der Waals surface area contributed by atoms with Crippen LogP contribution < -0.4 is 30.7 Å². The molecule has 0 spiro atoms. The van der Waals surface area contributed by atoms with E-state index in [-0.39, 0.29) is 24.0 Å². The number of hydrogen-bond acceptors (Lipinski definition) is 8. The van der Waals surface area contributed by atoms with Crippen LogP contribution in [0.1, 0.15) is 36.8 Å². The van der Waals surface area contributed by atoms with Crippen LogP contribution in [0.25, 0.3) is 44.5 Å². The van der Waals surface area contributed by atoms with Gasteiger partial charge in [0.15, 0.2) is 0 Å². The Morgan fingerprint density at radius 1 is 0.827 bits per heavy atom. The van der Waals surface area contributed by atoms with Gasteiger partial charge in [0.2, 0.25) is 11.8 Å². The highest BCUT2D eigenvalue weighted by Crippen LogP contribution is 2.43. The van der Waals surface area contributed by atoms with Crippen molar-refractivity contribution < 1.29 is 19.1 Å². The quantitative estimate of drug-likeness (QED) is 0.104. The molecule has 268 valence electrons. The third-order valence-corrected chi connectivity index (χ3v) is 10.6. The summed E-state index contributed by atoms with van der Waals surface area (Å²) in [5, 5.41) is 14.8. The van der Waals surface area contributed by atoms with E-state index in [0.29, 0.717) is 81.5 Å². The number of nitrogens with one attached hydrogen (secondary N) is 4. The fourth-order valence-electron chi connectivity index (χ4n) is 6.85. The molecular formula is C39H37Cl3N6O4. The van der Waals surface area contributed by atoms with E-state index in [4.69, 9.17) is 49.3 Å². The molecule has 2 atom stereocenters. The zero-order valence-corrected chi connectivity index (χ0v) is 30.9. The zero-order chi connectivity index (χ0) is 36.4. The molecule has 2 saturated heterocycles. The number of hydrogen-bond donors (Lipinski definition) is 4. The Bertz CT molecular complexity index is 2180. The number of carbonyl (C=O) groups excluding carboxylic acids is 2.